The Labute approximate surface area is 120 Å². The minimum absolute atomic E-state index is 0.0772. The van der Waals surface area contributed by atoms with Gasteiger partial charge in [0.2, 0.25) is 5.91 Å². The maximum Gasteiger partial charge on any atom is 0.337 e. The first kappa shape index (κ1) is 15.7. The van der Waals surface area contributed by atoms with Crippen LogP contribution in [0.2, 0.25) is 0 Å². The average Bonchev–Trinajstić information content (AvgIpc) is 2.27. The number of amides is 1. The number of benzene rings is 1. The summed E-state index contributed by atoms with van der Waals surface area (Å²) in [7, 11) is 0. The van der Waals surface area contributed by atoms with Crippen molar-refractivity contribution in [2.75, 3.05) is 11.9 Å². The lowest BCUT2D eigenvalue weighted by Gasteiger charge is -2.10. The van der Waals surface area contributed by atoms with Crippen LogP contribution in [0.4, 0.5) is 5.69 Å². The Balaban J connectivity index is 2.67. The van der Waals surface area contributed by atoms with Crippen LogP contribution in [-0.4, -0.2) is 29.6 Å². The van der Waals surface area contributed by atoms with E-state index in [1.807, 2.05) is 13.8 Å². The zero-order chi connectivity index (χ0) is 14.4. The molecule has 19 heavy (non-hydrogen) atoms. The van der Waals surface area contributed by atoms with Crippen LogP contribution in [0.25, 0.3) is 0 Å². The summed E-state index contributed by atoms with van der Waals surface area (Å²) in [5.74, 6) is -1.28. The Morgan fingerprint density at radius 1 is 1.37 bits per heavy atom. The van der Waals surface area contributed by atoms with E-state index >= 15 is 0 Å². The topological polar surface area (TPSA) is 78.4 Å². The number of nitrogens with one attached hydrogen (secondary N) is 2. The highest BCUT2D eigenvalue weighted by atomic mass is 79.9. The summed E-state index contributed by atoms with van der Waals surface area (Å²) >= 11 is 3.25. The van der Waals surface area contributed by atoms with E-state index in [0.29, 0.717) is 29.2 Å². The van der Waals surface area contributed by atoms with Crippen LogP contribution in [0.5, 0.6) is 0 Å². The molecule has 0 aliphatic rings. The van der Waals surface area contributed by atoms with Gasteiger partial charge in [-0.05, 0) is 18.2 Å². The smallest absolute Gasteiger partial charge is 0.337 e. The molecule has 1 amide bonds. The van der Waals surface area contributed by atoms with Crippen molar-refractivity contribution in [3.63, 3.8) is 0 Å². The molecular weight excluding hydrogens is 312 g/mol. The largest absolute Gasteiger partial charge is 0.478 e. The molecule has 0 saturated carbocycles. The summed E-state index contributed by atoms with van der Waals surface area (Å²) in [6.45, 7) is 4.55. The third-order valence-corrected chi connectivity index (χ3v) is 2.88. The second kappa shape index (κ2) is 7.25. The maximum absolute atomic E-state index is 11.7. The highest BCUT2D eigenvalue weighted by molar-refractivity contribution is 9.10. The van der Waals surface area contributed by atoms with Crippen LogP contribution in [0.1, 0.15) is 30.6 Å². The molecule has 1 aromatic carbocycles. The molecule has 0 aromatic heterocycles. The van der Waals surface area contributed by atoms with Crippen molar-refractivity contribution in [1.82, 2.24) is 5.32 Å². The first-order valence-electron chi connectivity index (χ1n) is 5.96. The molecule has 0 bridgehead atoms. The van der Waals surface area contributed by atoms with Gasteiger partial charge < -0.3 is 15.7 Å². The molecule has 0 aliphatic heterocycles. The molecule has 6 heteroatoms. The molecule has 1 rings (SSSR count). The Bertz CT molecular complexity index is 475. The van der Waals surface area contributed by atoms with Gasteiger partial charge in [0.25, 0.3) is 0 Å². The number of carbonyl (C=O) groups excluding carboxylic acids is 1. The van der Waals surface area contributed by atoms with Crippen molar-refractivity contribution in [2.45, 2.75) is 26.3 Å². The molecule has 0 radical (unpaired) electrons. The number of hydrogen-bond acceptors (Lipinski definition) is 3. The van der Waals surface area contributed by atoms with Crippen molar-refractivity contribution in [2.24, 2.45) is 0 Å². The van der Waals surface area contributed by atoms with Gasteiger partial charge in [0.15, 0.2) is 0 Å². The van der Waals surface area contributed by atoms with Gasteiger partial charge in [-0.1, -0.05) is 29.8 Å². The molecule has 0 heterocycles. The van der Waals surface area contributed by atoms with Gasteiger partial charge in [0.1, 0.15) is 0 Å². The molecule has 104 valence electrons. The summed E-state index contributed by atoms with van der Waals surface area (Å²) in [6.07, 6.45) is 0.295. The second-order valence-corrected chi connectivity index (χ2v) is 5.32. The number of carboxylic acids is 1. The molecule has 3 N–H and O–H groups in total. The van der Waals surface area contributed by atoms with Gasteiger partial charge in [-0.2, -0.15) is 0 Å². The van der Waals surface area contributed by atoms with Gasteiger partial charge in [-0.15, -0.1) is 0 Å². The zero-order valence-electron chi connectivity index (χ0n) is 10.9. The number of rotatable bonds is 6. The molecule has 1 aromatic rings. The summed E-state index contributed by atoms with van der Waals surface area (Å²) in [5.41, 5.74) is 0.379. The Morgan fingerprint density at radius 2 is 2.05 bits per heavy atom. The third kappa shape index (κ3) is 5.40. The second-order valence-electron chi connectivity index (χ2n) is 4.40. The van der Waals surface area contributed by atoms with Crippen molar-refractivity contribution >= 4 is 33.5 Å². The first-order chi connectivity index (χ1) is 8.90. The fraction of sp³-hybridized carbons (Fsp3) is 0.385. The Hall–Kier alpha value is -1.40. The monoisotopic (exact) mass is 328 g/mol. The van der Waals surface area contributed by atoms with E-state index in [1.54, 1.807) is 12.1 Å². The molecule has 0 aliphatic carbocycles. The minimum Gasteiger partial charge on any atom is -0.478 e. The molecule has 0 atom stereocenters. The SMILES string of the molecule is CC(C)NCCC(=O)Nc1cc(Br)ccc1C(=O)O. The average molecular weight is 329 g/mol. The van der Waals surface area contributed by atoms with E-state index in [1.165, 1.54) is 6.07 Å². The molecular formula is C13H17BrN2O3. The zero-order valence-corrected chi connectivity index (χ0v) is 12.5. The van der Waals surface area contributed by atoms with Crippen molar-refractivity contribution in [1.29, 1.82) is 0 Å². The summed E-state index contributed by atoms with van der Waals surface area (Å²) in [6, 6.07) is 4.97. The van der Waals surface area contributed by atoms with Gasteiger partial charge in [-0.25, -0.2) is 4.79 Å². The summed E-state index contributed by atoms with van der Waals surface area (Å²) < 4.78 is 0.716. The van der Waals surface area contributed by atoms with Crippen molar-refractivity contribution in [3.05, 3.63) is 28.2 Å². The fourth-order valence-electron chi connectivity index (χ4n) is 1.49. The fourth-order valence-corrected chi connectivity index (χ4v) is 1.85. The number of carboxylic acid groups (broad SMARTS) is 1. The number of anilines is 1. The van der Waals surface area contributed by atoms with E-state index in [-0.39, 0.29) is 11.5 Å². The van der Waals surface area contributed by atoms with Crippen LogP contribution < -0.4 is 10.6 Å². The summed E-state index contributed by atoms with van der Waals surface area (Å²) in [4.78, 5) is 22.8. The van der Waals surface area contributed by atoms with E-state index in [4.69, 9.17) is 5.11 Å². The molecule has 0 saturated heterocycles. The van der Waals surface area contributed by atoms with E-state index in [0.717, 1.165) is 0 Å². The van der Waals surface area contributed by atoms with E-state index in [2.05, 4.69) is 26.6 Å². The highest BCUT2D eigenvalue weighted by Crippen LogP contribution is 2.21. The molecule has 0 fully saturated rings. The third-order valence-electron chi connectivity index (χ3n) is 2.39. The van der Waals surface area contributed by atoms with Crippen molar-refractivity contribution < 1.29 is 14.7 Å². The maximum atomic E-state index is 11.7. The lowest BCUT2D eigenvalue weighted by atomic mass is 10.1. The first-order valence-corrected chi connectivity index (χ1v) is 6.75. The van der Waals surface area contributed by atoms with Gasteiger partial charge >= 0.3 is 5.97 Å². The minimum atomic E-state index is -1.07. The molecule has 5 nitrogen and oxygen atoms in total. The van der Waals surface area contributed by atoms with Crippen molar-refractivity contribution in [3.8, 4) is 0 Å². The quantitative estimate of drug-likeness (QED) is 0.749. The lowest BCUT2D eigenvalue weighted by molar-refractivity contribution is -0.116. The predicted molar refractivity (Wildman–Crippen MR) is 77.5 cm³/mol. The van der Waals surface area contributed by atoms with Crippen LogP contribution >= 0.6 is 15.9 Å². The number of hydrogen-bond donors (Lipinski definition) is 3. The normalized spacial score (nSPS) is 10.5. The van der Waals surface area contributed by atoms with Crippen LogP contribution in [0, 0.1) is 0 Å². The van der Waals surface area contributed by atoms with Gasteiger partial charge in [0, 0.05) is 23.5 Å². The van der Waals surface area contributed by atoms with E-state index < -0.39 is 5.97 Å². The Morgan fingerprint density at radius 3 is 2.63 bits per heavy atom. The number of carbonyl (C=O) groups is 2. The Kier molecular flexibility index (Phi) is 5.98. The van der Waals surface area contributed by atoms with Crippen LogP contribution in [-0.2, 0) is 4.79 Å². The number of halogens is 1. The predicted octanol–water partition coefficient (Wildman–Crippen LogP) is 2.47. The summed E-state index contributed by atoms with van der Waals surface area (Å²) in [5, 5.41) is 14.8. The lowest BCUT2D eigenvalue weighted by Crippen LogP contribution is -2.27. The van der Waals surface area contributed by atoms with Gasteiger partial charge in [0.05, 0.1) is 11.3 Å². The highest BCUT2D eigenvalue weighted by Gasteiger charge is 2.12. The van der Waals surface area contributed by atoms with Gasteiger partial charge in [-0.3, -0.25) is 4.79 Å². The van der Waals surface area contributed by atoms with Crippen LogP contribution in [0.3, 0.4) is 0 Å². The van der Waals surface area contributed by atoms with Crippen LogP contribution in [0.15, 0.2) is 22.7 Å². The standard InChI is InChI=1S/C13H17BrN2O3/c1-8(2)15-6-5-12(17)16-11-7-9(14)3-4-10(11)13(18)19/h3-4,7-8,15H,5-6H2,1-2H3,(H,16,17)(H,18,19). The van der Waals surface area contributed by atoms with E-state index in [9.17, 15) is 9.59 Å². The number of aromatic carboxylic acids is 1. The molecule has 0 unspecified atom stereocenters. The molecule has 0 spiro atoms.